The van der Waals surface area contributed by atoms with Crippen molar-refractivity contribution in [2.75, 3.05) is 13.7 Å². The number of carbonyl (C=O) groups excluding carboxylic acids is 2. The van der Waals surface area contributed by atoms with Gasteiger partial charge in [-0.05, 0) is 18.4 Å². The first-order chi connectivity index (χ1) is 9.15. The van der Waals surface area contributed by atoms with E-state index in [1.54, 1.807) is 0 Å². The lowest BCUT2D eigenvalue weighted by molar-refractivity contribution is -0.147. The molecule has 0 spiro atoms. The van der Waals surface area contributed by atoms with Crippen molar-refractivity contribution in [2.24, 2.45) is 5.73 Å². The van der Waals surface area contributed by atoms with Crippen LogP contribution in [0.25, 0.3) is 0 Å². The number of amides is 1. The van der Waals surface area contributed by atoms with Gasteiger partial charge >= 0.3 is 5.97 Å². The Kier molecular flexibility index (Phi) is 4.16. The van der Waals surface area contributed by atoms with E-state index in [0.717, 1.165) is 12.0 Å². The van der Waals surface area contributed by atoms with E-state index in [9.17, 15) is 9.59 Å². The molecule has 2 N–H and O–H groups in total. The summed E-state index contributed by atoms with van der Waals surface area (Å²) in [6.45, 7) is 0.669. The van der Waals surface area contributed by atoms with E-state index in [-0.39, 0.29) is 12.0 Å². The third-order valence-corrected chi connectivity index (χ3v) is 3.48. The standard InChI is InChI=1S/C14H18N2O3/c1-19-14(18)11-8-5-9-16(11)12(13(15)17)10-6-3-2-4-7-10/h2-4,6-7,11-12H,5,8-9H2,1H3,(H2,15,17)/t11-,12-/m0/s1. The highest BCUT2D eigenvalue weighted by Gasteiger charge is 2.39. The highest BCUT2D eigenvalue weighted by atomic mass is 16.5. The molecule has 5 heteroatoms. The molecule has 1 aliphatic rings. The van der Waals surface area contributed by atoms with E-state index < -0.39 is 11.9 Å². The third kappa shape index (κ3) is 2.76. The van der Waals surface area contributed by atoms with Crippen molar-refractivity contribution < 1.29 is 14.3 Å². The van der Waals surface area contributed by atoms with Crippen LogP contribution in [-0.4, -0.2) is 36.5 Å². The number of nitrogens with two attached hydrogens (primary N) is 1. The van der Waals surface area contributed by atoms with Gasteiger partial charge in [0.2, 0.25) is 5.91 Å². The molecule has 0 radical (unpaired) electrons. The number of benzene rings is 1. The molecule has 1 heterocycles. The van der Waals surface area contributed by atoms with E-state index in [2.05, 4.69) is 0 Å². The fraction of sp³-hybridized carbons (Fsp3) is 0.429. The van der Waals surface area contributed by atoms with E-state index in [4.69, 9.17) is 10.5 Å². The van der Waals surface area contributed by atoms with Crippen molar-refractivity contribution in [3.63, 3.8) is 0 Å². The summed E-state index contributed by atoms with van der Waals surface area (Å²) in [7, 11) is 1.36. The van der Waals surface area contributed by atoms with E-state index in [0.29, 0.717) is 13.0 Å². The predicted octanol–water partition coefficient (Wildman–Crippen LogP) is 0.850. The van der Waals surface area contributed by atoms with E-state index in [1.165, 1.54) is 7.11 Å². The van der Waals surface area contributed by atoms with Crippen LogP contribution in [0, 0.1) is 0 Å². The zero-order chi connectivity index (χ0) is 13.8. The number of hydrogen-bond donors (Lipinski definition) is 1. The number of carbonyl (C=O) groups is 2. The lowest BCUT2D eigenvalue weighted by atomic mass is 10.0. The largest absolute Gasteiger partial charge is 0.468 e. The monoisotopic (exact) mass is 262 g/mol. The second kappa shape index (κ2) is 5.84. The zero-order valence-corrected chi connectivity index (χ0v) is 10.9. The van der Waals surface area contributed by atoms with Crippen LogP contribution >= 0.6 is 0 Å². The molecule has 1 amide bonds. The van der Waals surface area contributed by atoms with Gasteiger partial charge in [-0.15, -0.1) is 0 Å². The smallest absolute Gasteiger partial charge is 0.323 e. The van der Waals surface area contributed by atoms with Gasteiger partial charge in [0.1, 0.15) is 12.1 Å². The summed E-state index contributed by atoms with van der Waals surface area (Å²) in [6, 6.07) is 8.33. The van der Waals surface area contributed by atoms with E-state index >= 15 is 0 Å². The number of rotatable bonds is 4. The van der Waals surface area contributed by atoms with Crippen molar-refractivity contribution >= 4 is 11.9 Å². The second-order valence-corrected chi connectivity index (χ2v) is 4.63. The summed E-state index contributed by atoms with van der Waals surface area (Å²) >= 11 is 0. The van der Waals surface area contributed by atoms with Crippen LogP contribution in [0.15, 0.2) is 30.3 Å². The van der Waals surface area contributed by atoms with E-state index in [1.807, 2.05) is 35.2 Å². The van der Waals surface area contributed by atoms with Gasteiger partial charge in [-0.25, -0.2) is 0 Å². The minimum Gasteiger partial charge on any atom is -0.468 e. The number of hydrogen-bond acceptors (Lipinski definition) is 4. The maximum absolute atomic E-state index is 11.8. The summed E-state index contributed by atoms with van der Waals surface area (Å²) in [5, 5.41) is 0. The highest BCUT2D eigenvalue weighted by Crippen LogP contribution is 2.29. The topological polar surface area (TPSA) is 72.6 Å². The summed E-state index contributed by atoms with van der Waals surface area (Å²) in [6.07, 6.45) is 1.56. The first-order valence-electron chi connectivity index (χ1n) is 6.33. The van der Waals surface area contributed by atoms with Crippen LogP contribution in [-0.2, 0) is 14.3 Å². The van der Waals surface area contributed by atoms with Crippen molar-refractivity contribution in [1.29, 1.82) is 0 Å². The summed E-state index contributed by atoms with van der Waals surface area (Å²) < 4.78 is 4.80. The van der Waals surface area contributed by atoms with Gasteiger partial charge in [0.15, 0.2) is 0 Å². The predicted molar refractivity (Wildman–Crippen MR) is 70.1 cm³/mol. The molecule has 1 aromatic rings. The lowest BCUT2D eigenvalue weighted by Gasteiger charge is -2.29. The molecular weight excluding hydrogens is 244 g/mol. The lowest BCUT2D eigenvalue weighted by Crippen LogP contribution is -2.44. The number of nitrogens with zero attached hydrogens (tertiary/aromatic N) is 1. The van der Waals surface area contributed by atoms with Crippen molar-refractivity contribution in [3.8, 4) is 0 Å². The van der Waals surface area contributed by atoms with Crippen LogP contribution in [0.5, 0.6) is 0 Å². The summed E-state index contributed by atoms with van der Waals surface area (Å²) in [5.41, 5.74) is 6.33. The Morgan fingerprint density at radius 1 is 1.37 bits per heavy atom. The molecule has 0 aliphatic carbocycles. The molecule has 19 heavy (non-hydrogen) atoms. The number of esters is 1. The van der Waals surface area contributed by atoms with Crippen molar-refractivity contribution in [3.05, 3.63) is 35.9 Å². The molecule has 1 aliphatic heterocycles. The molecule has 0 saturated carbocycles. The molecule has 2 atom stereocenters. The molecule has 1 saturated heterocycles. The van der Waals surface area contributed by atoms with Crippen LogP contribution in [0.2, 0.25) is 0 Å². The Balaban J connectivity index is 2.29. The highest BCUT2D eigenvalue weighted by molar-refractivity contribution is 5.83. The fourth-order valence-electron chi connectivity index (χ4n) is 2.64. The molecule has 1 fully saturated rings. The molecule has 0 bridgehead atoms. The quantitative estimate of drug-likeness (QED) is 0.816. The van der Waals surface area contributed by atoms with Crippen LogP contribution < -0.4 is 5.73 Å². The molecule has 5 nitrogen and oxygen atoms in total. The molecule has 0 aromatic heterocycles. The first kappa shape index (κ1) is 13.5. The molecule has 2 rings (SSSR count). The van der Waals surface area contributed by atoms with Gasteiger partial charge in [-0.2, -0.15) is 0 Å². The van der Waals surface area contributed by atoms with Gasteiger partial charge in [0, 0.05) is 6.54 Å². The van der Waals surface area contributed by atoms with Crippen molar-refractivity contribution in [1.82, 2.24) is 4.90 Å². The number of ether oxygens (including phenoxy) is 1. The Labute approximate surface area is 112 Å². The minimum atomic E-state index is -0.576. The normalized spacial score (nSPS) is 21.0. The van der Waals surface area contributed by atoms with Crippen molar-refractivity contribution in [2.45, 2.75) is 24.9 Å². The average Bonchev–Trinajstić information content (AvgIpc) is 2.88. The minimum absolute atomic E-state index is 0.306. The number of methoxy groups -OCH3 is 1. The molecule has 0 unspecified atom stereocenters. The van der Waals surface area contributed by atoms with Gasteiger partial charge in [0.25, 0.3) is 0 Å². The zero-order valence-electron chi connectivity index (χ0n) is 10.9. The number of primary amides is 1. The van der Waals surface area contributed by atoms with Crippen LogP contribution in [0.3, 0.4) is 0 Å². The van der Waals surface area contributed by atoms with Crippen LogP contribution in [0.4, 0.5) is 0 Å². The Bertz CT molecular complexity index is 461. The summed E-state index contributed by atoms with van der Waals surface area (Å²) in [5.74, 6) is -0.748. The Hall–Kier alpha value is -1.88. The SMILES string of the molecule is COC(=O)[C@@H]1CCCN1[C@H](C(N)=O)c1ccccc1. The van der Waals surface area contributed by atoms with Gasteiger partial charge in [-0.1, -0.05) is 30.3 Å². The van der Waals surface area contributed by atoms with Gasteiger partial charge in [0.05, 0.1) is 7.11 Å². The third-order valence-electron chi connectivity index (χ3n) is 3.48. The second-order valence-electron chi connectivity index (χ2n) is 4.63. The first-order valence-corrected chi connectivity index (χ1v) is 6.33. The van der Waals surface area contributed by atoms with Crippen LogP contribution in [0.1, 0.15) is 24.4 Å². The van der Waals surface area contributed by atoms with Gasteiger partial charge < -0.3 is 10.5 Å². The fourth-order valence-corrected chi connectivity index (χ4v) is 2.64. The molecule has 1 aromatic carbocycles. The summed E-state index contributed by atoms with van der Waals surface area (Å²) in [4.78, 5) is 25.4. The number of likely N-dealkylation sites (tertiary alicyclic amines) is 1. The van der Waals surface area contributed by atoms with Gasteiger partial charge in [-0.3, -0.25) is 14.5 Å². The Morgan fingerprint density at radius 3 is 2.63 bits per heavy atom. The molecular formula is C14H18N2O3. The maximum atomic E-state index is 11.8. The maximum Gasteiger partial charge on any atom is 0.323 e. The molecule has 102 valence electrons. The Morgan fingerprint density at radius 2 is 2.05 bits per heavy atom. The average molecular weight is 262 g/mol.